The standard InChI is InChI=1S/C16H19ClN2O/c1-12(2)19(11-5-9-17)16(20)14-6-3-8-15-13(14)7-4-10-18-15/h3-4,6-8,10,12H,5,9,11H2,1-2H3. The first kappa shape index (κ1) is 14.8. The van der Waals surface area contributed by atoms with E-state index in [1.54, 1.807) is 6.20 Å². The molecule has 20 heavy (non-hydrogen) atoms. The van der Waals surface area contributed by atoms with Crippen LogP contribution in [-0.2, 0) is 0 Å². The molecular formula is C16H19ClN2O. The summed E-state index contributed by atoms with van der Waals surface area (Å²) in [6.45, 7) is 4.72. The Kier molecular flexibility index (Phi) is 4.96. The zero-order valence-corrected chi connectivity index (χ0v) is 12.6. The van der Waals surface area contributed by atoms with Gasteiger partial charge in [-0.15, -0.1) is 11.6 Å². The third-order valence-corrected chi connectivity index (χ3v) is 3.56. The quantitative estimate of drug-likeness (QED) is 0.787. The van der Waals surface area contributed by atoms with Crippen LogP contribution in [0.25, 0.3) is 10.9 Å². The van der Waals surface area contributed by atoms with Gasteiger partial charge in [0.25, 0.3) is 5.91 Å². The van der Waals surface area contributed by atoms with E-state index in [9.17, 15) is 4.79 Å². The molecule has 0 saturated heterocycles. The van der Waals surface area contributed by atoms with Crippen LogP contribution >= 0.6 is 11.6 Å². The molecule has 2 aromatic rings. The maximum atomic E-state index is 12.8. The van der Waals surface area contributed by atoms with Gasteiger partial charge in [0.2, 0.25) is 0 Å². The summed E-state index contributed by atoms with van der Waals surface area (Å²) in [5.74, 6) is 0.608. The highest BCUT2D eigenvalue weighted by Gasteiger charge is 2.20. The van der Waals surface area contributed by atoms with Crippen LogP contribution in [0.5, 0.6) is 0 Å². The zero-order chi connectivity index (χ0) is 14.5. The lowest BCUT2D eigenvalue weighted by Crippen LogP contribution is -2.38. The first-order valence-electron chi connectivity index (χ1n) is 6.86. The van der Waals surface area contributed by atoms with Gasteiger partial charge in [-0.25, -0.2) is 0 Å². The Bertz CT molecular complexity index is 593. The first-order chi connectivity index (χ1) is 9.65. The average Bonchev–Trinajstić information content (AvgIpc) is 2.46. The van der Waals surface area contributed by atoms with Crippen LogP contribution in [0.2, 0.25) is 0 Å². The Hall–Kier alpha value is -1.61. The maximum Gasteiger partial charge on any atom is 0.254 e. The second-order valence-electron chi connectivity index (χ2n) is 5.01. The van der Waals surface area contributed by atoms with Gasteiger partial charge in [-0.1, -0.05) is 12.1 Å². The molecule has 4 heteroatoms. The molecule has 0 aliphatic carbocycles. The van der Waals surface area contributed by atoms with Crippen molar-refractivity contribution in [1.82, 2.24) is 9.88 Å². The molecule has 106 valence electrons. The highest BCUT2D eigenvalue weighted by atomic mass is 35.5. The van der Waals surface area contributed by atoms with Crippen molar-refractivity contribution < 1.29 is 4.79 Å². The van der Waals surface area contributed by atoms with Gasteiger partial charge in [-0.3, -0.25) is 9.78 Å². The van der Waals surface area contributed by atoms with Gasteiger partial charge in [0, 0.05) is 35.6 Å². The fraction of sp³-hybridized carbons (Fsp3) is 0.375. The van der Waals surface area contributed by atoms with Crippen LogP contribution in [0.4, 0.5) is 0 Å². The number of nitrogens with zero attached hydrogens (tertiary/aromatic N) is 2. The number of hydrogen-bond acceptors (Lipinski definition) is 2. The highest BCUT2D eigenvalue weighted by molar-refractivity contribution is 6.17. The third-order valence-electron chi connectivity index (χ3n) is 3.29. The van der Waals surface area contributed by atoms with Crippen LogP contribution in [-0.4, -0.2) is 34.3 Å². The van der Waals surface area contributed by atoms with E-state index >= 15 is 0 Å². The number of alkyl halides is 1. The van der Waals surface area contributed by atoms with Crippen molar-refractivity contribution in [2.24, 2.45) is 0 Å². The Morgan fingerprint density at radius 1 is 1.30 bits per heavy atom. The second-order valence-corrected chi connectivity index (χ2v) is 5.39. The number of amides is 1. The molecule has 0 aliphatic rings. The van der Waals surface area contributed by atoms with E-state index in [1.807, 2.05) is 49.1 Å². The van der Waals surface area contributed by atoms with E-state index in [4.69, 9.17) is 11.6 Å². The molecule has 0 radical (unpaired) electrons. The molecule has 2 rings (SSSR count). The summed E-state index contributed by atoms with van der Waals surface area (Å²) >= 11 is 5.75. The summed E-state index contributed by atoms with van der Waals surface area (Å²) in [5.41, 5.74) is 1.55. The van der Waals surface area contributed by atoms with Crippen molar-refractivity contribution in [2.75, 3.05) is 12.4 Å². The van der Waals surface area contributed by atoms with E-state index in [-0.39, 0.29) is 11.9 Å². The van der Waals surface area contributed by atoms with Crippen molar-refractivity contribution in [3.8, 4) is 0 Å². The van der Waals surface area contributed by atoms with Gasteiger partial charge in [-0.2, -0.15) is 0 Å². The lowest BCUT2D eigenvalue weighted by Gasteiger charge is -2.27. The highest BCUT2D eigenvalue weighted by Crippen LogP contribution is 2.19. The number of hydrogen-bond donors (Lipinski definition) is 0. The fourth-order valence-electron chi connectivity index (χ4n) is 2.27. The van der Waals surface area contributed by atoms with Gasteiger partial charge in [0.15, 0.2) is 0 Å². The molecule has 0 unspecified atom stereocenters. The lowest BCUT2D eigenvalue weighted by molar-refractivity contribution is 0.0708. The summed E-state index contributed by atoms with van der Waals surface area (Å²) in [7, 11) is 0. The fourth-order valence-corrected chi connectivity index (χ4v) is 2.39. The maximum absolute atomic E-state index is 12.8. The Morgan fingerprint density at radius 3 is 2.80 bits per heavy atom. The van der Waals surface area contributed by atoms with Crippen LogP contribution < -0.4 is 0 Å². The lowest BCUT2D eigenvalue weighted by atomic mass is 10.1. The topological polar surface area (TPSA) is 33.2 Å². The molecule has 0 atom stereocenters. The van der Waals surface area contributed by atoms with Crippen molar-refractivity contribution >= 4 is 28.4 Å². The number of aromatic nitrogens is 1. The average molecular weight is 291 g/mol. The summed E-state index contributed by atoms with van der Waals surface area (Å²) in [4.78, 5) is 18.9. The number of carbonyl (C=O) groups is 1. The van der Waals surface area contributed by atoms with Crippen LogP contribution in [0.15, 0.2) is 36.5 Å². The molecule has 0 N–H and O–H groups in total. The summed E-state index contributed by atoms with van der Waals surface area (Å²) in [6, 6.07) is 9.61. The van der Waals surface area contributed by atoms with Gasteiger partial charge >= 0.3 is 0 Å². The van der Waals surface area contributed by atoms with E-state index in [2.05, 4.69) is 4.98 Å². The Morgan fingerprint density at radius 2 is 2.10 bits per heavy atom. The van der Waals surface area contributed by atoms with Crippen molar-refractivity contribution in [1.29, 1.82) is 0 Å². The molecule has 3 nitrogen and oxygen atoms in total. The van der Waals surface area contributed by atoms with E-state index < -0.39 is 0 Å². The molecular weight excluding hydrogens is 272 g/mol. The van der Waals surface area contributed by atoms with Crippen molar-refractivity contribution in [3.05, 3.63) is 42.1 Å². The number of halogens is 1. The molecule has 0 saturated carbocycles. The molecule has 0 fully saturated rings. The van der Waals surface area contributed by atoms with Gasteiger partial charge in [0.05, 0.1) is 5.52 Å². The summed E-state index contributed by atoms with van der Waals surface area (Å²) in [5, 5.41) is 0.900. The van der Waals surface area contributed by atoms with E-state index in [0.29, 0.717) is 18.0 Å². The minimum absolute atomic E-state index is 0.0451. The Labute approximate surface area is 124 Å². The number of pyridine rings is 1. The first-order valence-corrected chi connectivity index (χ1v) is 7.39. The third kappa shape index (κ3) is 3.10. The summed E-state index contributed by atoms with van der Waals surface area (Å²) in [6.07, 6.45) is 2.54. The Balaban J connectivity index is 2.38. The molecule has 0 spiro atoms. The molecule has 0 aliphatic heterocycles. The van der Waals surface area contributed by atoms with Gasteiger partial charge < -0.3 is 4.90 Å². The van der Waals surface area contributed by atoms with Crippen molar-refractivity contribution in [3.63, 3.8) is 0 Å². The number of carbonyl (C=O) groups excluding carboxylic acids is 1. The minimum Gasteiger partial charge on any atom is -0.336 e. The van der Waals surface area contributed by atoms with Gasteiger partial charge in [-0.05, 0) is 38.5 Å². The number of benzene rings is 1. The molecule has 0 bridgehead atoms. The molecule has 1 aromatic carbocycles. The monoisotopic (exact) mass is 290 g/mol. The van der Waals surface area contributed by atoms with Crippen LogP contribution in [0, 0.1) is 0 Å². The number of rotatable bonds is 5. The van der Waals surface area contributed by atoms with Crippen LogP contribution in [0.3, 0.4) is 0 Å². The van der Waals surface area contributed by atoms with Crippen LogP contribution in [0.1, 0.15) is 30.6 Å². The number of fused-ring (bicyclic) bond motifs is 1. The van der Waals surface area contributed by atoms with E-state index in [0.717, 1.165) is 17.3 Å². The minimum atomic E-state index is 0.0451. The normalized spacial score (nSPS) is 11.0. The summed E-state index contributed by atoms with van der Waals surface area (Å²) < 4.78 is 0. The largest absolute Gasteiger partial charge is 0.336 e. The smallest absolute Gasteiger partial charge is 0.254 e. The SMILES string of the molecule is CC(C)N(CCCCl)C(=O)c1cccc2ncccc12. The van der Waals surface area contributed by atoms with Gasteiger partial charge in [0.1, 0.15) is 0 Å². The molecule has 1 amide bonds. The van der Waals surface area contributed by atoms with E-state index in [1.165, 1.54) is 0 Å². The molecule has 1 aromatic heterocycles. The zero-order valence-electron chi connectivity index (χ0n) is 11.8. The second kappa shape index (κ2) is 6.71. The molecule has 1 heterocycles. The predicted molar refractivity (Wildman–Crippen MR) is 83.3 cm³/mol. The van der Waals surface area contributed by atoms with Crippen molar-refractivity contribution in [2.45, 2.75) is 26.3 Å². The predicted octanol–water partition coefficient (Wildman–Crippen LogP) is 3.71.